The summed E-state index contributed by atoms with van der Waals surface area (Å²) in [5.74, 6) is -1.37. The van der Waals surface area contributed by atoms with Crippen molar-refractivity contribution in [1.82, 2.24) is 9.55 Å². The smallest absolute Gasteiger partial charge is 0.252 e. The monoisotopic (exact) mass is 374 g/mol. The number of pyridine rings is 2. The van der Waals surface area contributed by atoms with Crippen molar-refractivity contribution in [3.8, 4) is 0 Å². The number of nitrogens with two attached hydrogens (primary N) is 2. The van der Waals surface area contributed by atoms with Crippen LogP contribution >= 0.6 is 0 Å². The third-order valence-electron chi connectivity index (χ3n) is 4.73. The lowest BCUT2D eigenvalue weighted by Gasteiger charge is -2.30. The van der Waals surface area contributed by atoms with Crippen LogP contribution in [0.1, 0.15) is 36.0 Å². The number of nitrogens with zero attached hydrogens (tertiary/aromatic N) is 2. The molecule has 0 aromatic carbocycles. The van der Waals surface area contributed by atoms with Crippen molar-refractivity contribution in [2.75, 3.05) is 10.6 Å². The van der Waals surface area contributed by atoms with Crippen LogP contribution in [0.15, 0.2) is 29.2 Å². The predicted molar refractivity (Wildman–Crippen MR) is 102 cm³/mol. The summed E-state index contributed by atoms with van der Waals surface area (Å²) < 4.78 is 15.9. The highest BCUT2D eigenvalue weighted by Crippen LogP contribution is 2.26. The first-order valence-electron chi connectivity index (χ1n) is 8.81. The third kappa shape index (κ3) is 4.25. The van der Waals surface area contributed by atoms with Gasteiger partial charge in [-0.2, -0.15) is 0 Å². The number of hydrogen-bond donors (Lipinski definition) is 4. The van der Waals surface area contributed by atoms with Crippen molar-refractivity contribution in [3.05, 3.63) is 46.1 Å². The van der Waals surface area contributed by atoms with Crippen molar-refractivity contribution in [3.63, 3.8) is 0 Å². The lowest BCUT2D eigenvalue weighted by molar-refractivity contribution is 0.100. The zero-order chi connectivity index (χ0) is 19.6. The lowest BCUT2D eigenvalue weighted by atomic mass is 9.91. The number of halogens is 1. The van der Waals surface area contributed by atoms with Gasteiger partial charge in [0, 0.05) is 31.4 Å². The summed E-state index contributed by atoms with van der Waals surface area (Å²) in [6.07, 6.45) is 5.29. The van der Waals surface area contributed by atoms with Gasteiger partial charge < -0.3 is 26.7 Å². The second-order valence-corrected chi connectivity index (χ2v) is 6.77. The zero-order valence-electron chi connectivity index (χ0n) is 15.0. The molecule has 0 saturated heterocycles. The van der Waals surface area contributed by atoms with E-state index in [1.54, 1.807) is 19.3 Å². The standard InChI is InChI=1S/C18H23FN6O2/c1-25-9-10(6-7-15(25)26)22-17-11(16(21)27)8-12(19)18(24-17)23-14-5-3-2-4-13(14)20/h6-9,13-14H,2-5,20H2,1H3,(H2,21,27)(H2,22,23,24). The van der Waals surface area contributed by atoms with Crippen LogP contribution in [0.3, 0.4) is 0 Å². The average molecular weight is 374 g/mol. The maximum Gasteiger partial charge on any atom is 0.252 e. The van der Waals surface area contributed by atoms with Crippen LogP contribution < -0.4 is 27.7 Å². The highest BCUT2D eigenvalue weighted by atomic mass is 19.1. The van der Waals surface area contributed by atoms with Gasteiger partial charge in [0.15, 0.2) is 11.6 Å². The minimum atomic E-state index is -0.811. The number of aryl methyl sites for hydroxylation is 1. The summed E-state index contributed by atoms with van der Waals surface area (Å²) in [5, 5.41) is 5.98. The Labute approximate surface area is 155 Å². The Bertz CT molecular complexity index is 913. The molecule has 27 heavy (non-hydrogen) atoms. The summed E-state index contributed by atoms with van der Waals surface area (Å²) in [7, 11) is 1.60. The van der Waals surface area contributed by atoms with E-state index < -0.39 is 11.7 Å². The molecule has 6 N–H and O–H groups in total. The van der Waals surface area contributed by atoms with E-state index in [1.165, 1.54) is 10.6 Å². The molecule has 2 atom stereocenters. The van der Waals surface area contributed by atoms with Gasteiger partial charge in [0.2, 0.25) is 5.56 Å². The molecule has 1 aliphatic carbocycles. The first-order chi connectivity index (χ1) is 12.8. The van der Waals surface area contributed by atoms with E-state index in [4.69, 9.17) is 11.5 Å². The van der Waals surface area contributed by atoms with Crippen LogP contribution in [0.2, 0.25) is 0 Å². The minimum Gasteiger partial charge on any atom is -0.365 e. The largest absolute Gasteiger partial charge is 0.365 e. The van der Waals surface area contributed by atoms with Gasteiger partial charge in [0.1, 0.15) is 5.82 Å². The molecule has 8 nitrogen and oxygen atoms in total. The van der Waals surface area contributed by atoms with Gasteiger partial charge in [-0.15, -0.1) is 0 Å². The number of carbonyl (C=O) groups excluding carboxylic acids is 1. The number of amides is 1. The van der Waals surface area contributed by atoms with Crippen LogP contribution in [0.25, 0.3) is 0 Å². The van der Waals surface area contributed by atoms with Crippen LogP contribution in [-0.4, -0.2) is 27.5 Å². The summed E-state index contributed by atoms with van der Waals surface area (Å²) in [6.45, 7) is 0. The average Bonchev–Trinajstić information content (AvgIpc) is 2.62. The van der Waals surface area contributed by atoms with Gasteiger partial charge in [-0.1, -0.05) is 12.8 Å². The third-order valence-corrected chi connectivity index (χ3v) is 4.73. The Morgan fingerprint density at radius 3 is 2.70 bits per heavy atom. The molecule has 1 aliphatic rings. The maximum absolute atomic E-state index is 14.5. The molecule has 2 heterocycles. The Balaban J connectivity index is 1.94. The number of hydrogen-bond acceptors (Lipinski definition) is 6. The molecule has 1 fully saturated rings. The number of rotatable bonds is 5. The Morgan fingerprint density at radius 2 is 2.04 bits per heavy atom. The van der Waals surface area contributed by atoms with Crippen molar-refractivity contribution in [2.45, 2.75) is 37.8 Å². The van der Waals surface area contributed by atoms with Crippen molar-refractivity contribution in [1.29, 1.82) is 0 Å². The highest BCUT2D eigenvalue weighted by Gasteiger charge is 2.24. The molecule has 2 aromatic rings. The molecule has 0 aliphatic heterocycles. The van der Waals surface area contributed by atoms with E-state index in [0.717, 1.165) is 31.7 Å². The fraction of sp³-hybridized carbons (Fsp3) is 0.389. The number of aromatic nitrogens is 2. The number of primary amides is 1. The van der Waals surface area contributed by atoms with E-state index in [0.29, 0.717) is 5.69 Å². The molecule has 0 bridgehead atoms. The number of anilines is 3. The SMILES string of the molecule is Cn1cc(Nc2nc(NC3CCCCC3N)c(F)cc2C(N)=O)ccc1=O. The first-order valence-corrected chi connectivity index (χ1v) is 8.81. The first kappa shape index (κ1) is 18.8. The number of nitrogens with one attached hydrogen (secondary N) is 2. The van der Waals surface area contributed by atoms with E-state index in [-0.39, 0.29) is 34.8 Å². The topological polar surface area (TPSA) is 128 Å². The molecule has 0 radical (unpaired) electrons. The maximum atomic E-state index is 14.5. The van der Waals surface area contributed by atoms with Gasteiger partial charge in [0.25, 0.3) is 5.91 Å². The molecule has 2 unspecified atom stereocenters. The quantitative estimate of drug-likeness (QED) is 0.627. The van der Waals surface area contributed by atoms with Crippen LogP contribution in [0.5, 0.6) is 0 Å². The molecular formula is C18H23FN6O2. The van der Waals surface area contributed by atoms with E-state index in [1.807, 2.05) is 0 Å². The molecule has 1 amide bonds. The van der Waals surface area contributed by atoms with Gasteiger partial charge >= 0.3 is 0 Å². The van der Waals surface area contributed by atoms with Gasteiger partial charge in [-0.3, -0.25) is 9.59 Å². The van der Waals surface area contributed by atoms with Crippen molar-refractivity contribution in [2.24, 2.45) is 18.5 Å². The summed E-state index contributed by atoms with van der Waals surface area (Å²) in [4.78, 5) is 27.5. The minimum absolute atomic E-state index is 0.00895. The van der Waals surface area contributed by atoms with Crippen LogP contribution in [0, 0.1) is 5.82 Å². The molecule has 2 aromatic heterocycles. The fourth-order valence-corrected chi connectivity index (χ4v) is 3.19. The molecule has 9 heteroatoms. The lowest BCUT2D eigenvalue weighted by Crippen LogP contribution is -2.43. The van der Waals surface area contributed by atoms with Crippen molar-refractivity contribution < 1.29 is 9.18 Å². The van der Waals surface area contributed by atoms with Gasteiger partial charge in [0.05, 0.1) is 11.3 Å². The van der Waals surface area contributed by atoms with Gasteiger partial charge in [-0.25, -0.2) is 9.37 Å². The fourth-order valence-electron chi connectivity index (χ4n) is 3.19. The molecule has 1 saturated carbocycles. The zero-order valence-corrected chi connectivity index (χ0v) is 15.0. The van der Waals surface area contributed by atoms with Crippen LogP contribution in [-0.2, 0) is 7.05 Å². The molecule has 3 rings (SSSR count). The second-order valence-electron chi connectivity index (χ2n) is 6.77. The second kappa shape index (κ2) is 7.75. The van der Waals surface area contributed by atoms with Crippen LogP contribution in [0.4, 0.5) is 21.7 Å². The van der Waals surface area contributed by atoms with E-state index in [2.05, 4.69) is 15.6 Å². The Kier molecular flexibility index (Phi) is 5.41. The molecular weight excluding hydrogens is 351 g/mol. The van der Waals surface area contributed by atoms with Gasteiger partial charge in [-0.05, 0) is 25.0 Å². The normalized spacial score (nSPS) is 19.5. The summed E-state index contributed by atoms with van der Waals surface area (Å²) in [5.41, 5.74) is 11.7. The highest BCUT2D eigenvalue weighted by molar-refractivity contribution is 5.98. The predicted octanol–water partition coefficient (Wildman–Crippen LogP) is 1.44. The van der Waals surface area contributed by atoms with E-state index >= 15 is 0 Å². The Morgan fingerprint density at radius 1 is 1.30 bits per heavy atom. The van der Waals surface area contributed by atoms with E-state index in [9.17, 15) is 14.0 Å². The molecule has 144 valence electrons. The van der Waals surface area contributed by atoms with Crippen molar-refractivity contribution >= 4 is 23.2 Å². The summed E-state index contributed by atoms with van der Waals surface area (Å²) >= 11 is 0. The molecule has 0 spiro atoms. The number of carbonyl (C=O) groups is 1. The Hall–Kier alpha value is -2.94. The summed E-state index contributed by atoms with van der Waals surface area (Å²) in [6, 6.07) is 3.79.